The van der Waals surface area contributed by atoms with Crippen LogP contribution in [0.4, 0.5) is 0 Å². The van der Waals surface area contributed by atoms with Gasteiger partial charge in [-0.1, -0.05) is 6.92 Å². The fourth-order valence-corrected chi connectivity index (χ4v) is 2.85. The SMILES string of the molecule is CCCNS(=O)(=O)c1ccc(OC)c(C(=O)NC(C)C)c1. The normalized spacial score (nSPS) is 11.5. The van der Waals surface area contributed by atoms with E-state index < -0.39 is 10.0 Å². The van der Waals surface area contributed by atoms with Gasteiger partial charge in [0.05, 0.1) is 17.6 Å². The number of hydrogen-bond acceptors (Lipinski definition) is 4. The third kappa shape index (κ3) is 4.71. The minimum Gasteiger partial charge on any atom is -0.496 e. The van der Waals surface area contributed by atoms with Crippen molar-refractivity contribution in [1.82, 2.24) is 10.0 Å². The van der Waals surface area contributed by atoms with Gasteiger partial charge in [-0.25, -0.2) is 13.1 Å². The third-order valence-corrected chi connectivity index (χ3v) is 4.15. The lowest BCUT2D eigenvalue weighted by Crippen LogP contribution is -2.31. The number of rotatable bonds is 7. The monoisotopic (exact) mass is 314 g/mol. The average Bonchev–Trinajstić information content (AvgIpc) is 2.43. The lowest BCUT2D eigenvalue weighted by molar-refractivity contribution is 0.0940. The van der Waals surface area contributed by atoms with E-state index in [-0.39, 0.29) is 22.4 Å². The number of methoxy groups -OCH3 is 1. The molecule has 2 N–H and O–H groups in total. The molecular formula is C14H22N2O4S. The molecule has 118 valence electrons. The second-order valence-corrected chi connectivity index (χ2v) is 6.65. The van der Waals surface area contributed by atoms with Crippen LogP contribution in [-0.2, 0) is 10.0 Å². The van der Waals surface area contributed by atoms with Gasteiger partial charge in [0.2, 0.25) is 10.0 Å². The molecule has 0 heterocycles. The molecule has 1 aromatic rings. The van der Waals surface area contributed by atoms with Crippen LogP contribution in [-0.4, -0.2) is 34.0 Å². The first kappa shape index (κ1) is 17.5. The van der Waals surface area contributed by atoms with Crippen LogP contribution in [0.5, 0.6) is 5.75 Å². The van der Waals surface area contributed by atoms with Gasteiger partial charge in [0.25, 0.3) is 5.91 Å². The molecule has 1 aromatic carbocycles. The number of benzene rings is 1. The summed E-state index contributed by atoms with van der Waals surface area (Å²) in [4.78, 5) is 12.2. The van der Waals surface area contributed by atoms with Gasteiger partial charge < -0.3 is 10.1 Å². The molecule has 0 bridgehead atoms. The van der Waals surface area contributed by atoms with Gasteiger partial charge >= 0.3 is 0 Å². The van der Waals surface area contributed by atoms with E-state index in [0.29, 0.717) is 18.7 Å². The summed E-state index contributed by atoms with van der Waals surface area (Å²) in [5.74, 6) is -0.0306. The van der Waals surface area contributed by atoms with E-state index in [2.05, 4.69) is 10.0 Å². The number of hydrogen-bond donors (Lipinski definition) is 2. The van der Waals surface area contributed by atoms with Crippen LogP contribution >= 0.6 is 0 Å². The van der Waals surface area contributed by atoms with E-state index in [1.54, 1.807) is 0 Å². The summed E-state index contributed by atoms with van der Waals surface area (Å²) >= 11 is 0. The zero-order valence-electron chi connectivity index (χ0n) is 12.8. The van der Waals surface area contributed by atoms with Crippen molar-refractivity contribution >= 4 is 15.9 Å². The van der Waals surface area contributed by atoms with Crippen molar-refractivity contribution in [2.24, 2.45) is 0 Å². The largest absolute Gasteiger partial charge is 0.496 e. The van der Waals surface area contributed by atoms with Crippen LogP contribution in [0.15, 0.2) is 23.1 Å². The Morgan fingerprint density at radius 2 is 2.00 bits per heavy atom. The maximum absolute atomic E-state index is 12.1. The summed E-state index contributed by atoms with van der Waals surface area (Å²) in [5, 5.41) is 2.72. The number of carbonyl (C=O) groups excluding carboxylic acids is 1. The molecule has 0 fully saturated rings. The number of carbonyl (C=O) groups is 1. The van der Waals surface area contributed by atoms with Crippen molar-refractivity contribution in [3.63, 3.8) is 0 Å². The molecule has 0 saturated carbocycles. The van der Waals surface area contributed by atoms with Gasteiger partial charge in [-0.15, -0.1) is 0 Å². The highest BCUT2D eigenvalue weighted by atomic mass is 32.2. The van der Waals surface area contributed by atoms with Crippen molar-refractivity contribution in [3.05, 3.63) is 23.8 Å². The molecule has 0 unspecified atom stereocenters. The van der Waals surface area contributed by atoms with Gasteiger partial charge in [-0.2, -0.15) is 0 Å². The topological polar surface area (TPSA) is 84.5 Å². The highest BCUT2D eigenvalue weighted by Gasteiger charge is 2.19. The molecule has 7 heteroatoms. The second-order valence-electron chi connectivity index (χ2n) is 4.89. The molecule has 1 rings (SSSR count). The smallest absolute Gasteiger partial charge is 0.255 e. The number of ether oxygens (including phenoxy) is 1. The van der Waals surface area contributed by atoms with Crippen molar-refractivity contribution in [2.75, 3.05) is 13.7 Å². The predicted molar refractivity (Wildman–Crippen MR) is 81.1 cm³/mol. The fourth-order valence-electron chi connectivity index (χ4n) is 1.69. The minimum absolute atomic E-state index is 0.0469. The van der Waals surface area contributed by atoms with Gasteiger partial charge in [0.1, 0.15) is 5.75 Å². The fraction of sp³-hybridized carbons (Fsp3) is 0.500. The highest BCUT2D eigenvalue weighted by molar-refractivity contribution is 7.89. The van der Waals surface area contributed by atoms with Crippen LogP contribution in [0.2, 0.25) is 0 Å². The van der Waals surface area contributed by atoms with Crippen molar-refractivity contribution in [1.29, 1.82) is 0 Å². The second kappa shape index (κ2) is 7.42. The molecule has 0 aromatic heterocycles. The Morgan fingerprint density at radius 1 is 1.33 bits per heavy atom. The minimum atomic E-state index is -3.62. The molecule has 6 nitrogen and oxygen atoms in total. The molecule has 0 aliphatic rings. The number of nitrogens with one attached hydrogen (secondary N) is 2. The first-order chi connectivity index (χ1) is 9.81. The zero-order chi connectivity index (χ0) is 16.0. The van der Waals surface area contributed by atoms with E-state index >= 15 is 0 Å². The van der Waals surface area contributed by atoms with E-state index in [0.717, 1.165) is 0 Å². The Kier molecular flexibility index (Phi) is 6.17. The summed E-state index contributed by atoms with van der Waals surface area (Å²) in [6.45, 7) is 5.88. The molecule has 0 aliphatic carbocycles. The molecule has 0 radical (unpaired) electrons. The van der Waals surface area contributed by atoms with E-state index in [1.807, 2.05) is 20.8 Å². The van der Waals surface area contributed by atoms with E-state index in [1.165, 1.54) is 25.3 Å². The lowest BCUT2D eigenvalue weighted by atomic mass is 10.2. The lowest BCUT2D eigenvalue weighted by Gasteiger charge is -2.13. The van der Waals surface area contributed by atoms with Crippen LogP contribution in [0.3, 0.4) is 0 Å². The summed E-state index contributed by atoms with van der Waals surface area (Å²) in [6, 6.07) is 4.17. The van der Waals surface area contributed by atoms with Gasteiger partial charge in [0.15, 0.2) is 0 Å². The van der Waals surface area contributed by atoms with Gasteiger partial charge in [-0.05, 0) is 38.5 Å². The van der Waals surface area contributed by atoms with Crippen LogP contribution < -0.4 is 14.8 Å². The predicted octanol–water partition coefficient (Wildman–Crippen LogP) is 1.52. The third-order valence-electron chi connectivity index (χ3n) is 2.69. The van der Waals surface area contributed by atoms with E-state index in [4.69, 9.17) is 4.74 Å². The molecule has 0 spiro atoms. The zero-order valence-corrected chi connectivity index (χ0v) is 13.6. The molecule has 0 atom stereocenters. The quantitative estimate of drug-likeness (QED) is 0.799. The summed E-state index contributed by atoms with van der Waals surface area (Å²) < 4.78 is 31.8. The van der Waals surface area contributed by atoms with Gasteiger partial charge in [-0.3, -0.25) is 4.79 Å². The maximum atomic E-state index is 12.1. The Morgan fingerprint density at radius 3 is 2.52 bits per heavy atom. The van der Waals surface area contributed by atoms with Crippen molar-refractivity contribution in [2.45, 2.75) is 38.1 Å². The average molecular weight is 314 g/mol. The number of amides is 1. The maximum Gasteiger partial charge on any atom is 0.255 e. The summed E-state index contributed by atoms with van der Waals surface area (Å²) in [7, 11) is -2.18. The molecule has 1 amide bonds. The molecule has 0 aliphatic heterocycles. The molecule has 21 heavy (non-hydrogen) atoms. The van der Waals surface area contributed by atoms with Crippen molar-refractivity contribution in [3.8, 4) is 5.75 Å². The molecular weight excluding hydrogens is 292 g/mol. The summed E-state index contributed by atoms with van der Waals surface area (Å²) in [5.41, 5.74) is 0.200. The van der Waals surface area contributed by atoms with Crippen LogP contribution in [0, 0.1) is 0 Å². The Balaban J connectivity index is 3.19. The van der Waals surface area contributed by atoms with Crippen LogP contribution in [0.25, 0.3) is 0 Å². The summed E-state index contributed by atoms with van der Waals surface area (Å²) in [6.07, 6.45) is 0.691. The Labute approximate surface area is 125 Å². The first-order valence-corrected chi connectivity index (χ1v) is 8.28. The molecule has 0 saturated heterocycles. The van der Waals surface area contributed by atoms with Crippen molar-refractivity contribution < 1.29 is 17.9 Å². The standard InChI is InChI=1S/C14H22N2O4S/c1-5-8-15-21(18,19)11-6-7-13(20-4)12(9-11)14(17)16-10(2)3/h6-7,9-10,15H,5,8H2,1-4H3,(H,16,17). The van der Waals surface area contributed by atoms with Crippen LogP contribution in [0.1, 0.15) is 37.6 Å². The Bertz CT molecular complexity index is 597. The van der Waals surface area contributed by atoms with Gasteiger partial charge in [0, 0.05) is 12.6 Å². The van der Waals surface area contributed by atoms with E-state index in [9.17, 15) is 13.2 Å². The first-order valence-electron chi connectivity index (χ1n) is 6.80. The number of sulfonamides is 1. The Hall–Kier alpha value is -1.60. The highest BCUT2D eigenvalue weighted by Crippen LogP contribution is 2.22.